The summed E-state index contributed by atoms with van der Waals surface area (Å²) >= 11 is 0. The number of aromatic nitrogens is 1. The molecule has 2 heterocycles. The second kappa shape index (κ2) is 5.81. The number of nitrogens with one attached hydrogen (secondary N) is 1. The smallest absolute Gasteiger partial charge is 0.282 e. The van der Waals surface area contributed by atoms with Gasteiger partial charge < -0.3 is 9.84 Å². The van der Waals surface area contributed by atoms with Crippen molar-refractivity contribution in [2.24, 2.45) is 0 Å². The molecule has 0 aliphatic carbocycles. The SMILES string of the molecule is O=c1ccon1[C@H]1CCN[C@H](Cc2ccc(F)cc2F)C1. The van der Waals surface area contributed by atoms with Gasteiger partial charge in [0, 0.05) is 18.2 Å². The summed E-state index contributed by atoms with van der Waals surface area (Å²) in [5.74, 6) is -1.11. The average molecular weight is 294 g/mol. The molecule has 2 aromatic rings. The third-order valence-electron chi connectivity index (χ3n) is 3.88. The molecule has 2 atom stereocenters. The monoisotopic (exact) mass is 294 g/mol. The summed E-state index contributed by atoms with van der Waals surface area (Å²) in [6.45, 7) is 0.727. The van der Waals surface area contributed by atoms with Crippen LogP contribution in [-0.4, -0.2) is 17.3 Å². The van der Waals surface area contributed by atoms with E-state index < -0.39 is 11.6 Å². The van der Waals surface area contributed by atoms with Crippen molar-refractivity contribution in [2.45, 2.75) is 31.3 Å². The summed E-state index contributed by atoms with van der Waals surface area (Å²) in [5.41, 5.74) is 0.315. The van der Waals surface area contributed by atoms with Gasteiger partial charge in [0.1, 0.15) is 17.9 Å². The van der Waals surface area contributed by atoms with Crippen molar-refractivity contribution in [3.63, 3.8) is 0 Å². The standard InChI is InChI=1S/C15H16F2N2O2/c16-11-2-1-10(14(17)8-11)7-12-9-13(3-5-18-12)19-15(20)4-6-21-19/h1-2,4,6,8,12-13,18H,3,5,7,9H2/t12-,13+/m1/s1. The molecule has 1 aromatic heterocycles. The van der Waals surface area contributed by atoms with Crippen LogP contribution >= 0.6 is 0 Å². The molecule has 21 heavy (non-hydrogen) atoms. The number of hydrogen-bond donors (Lipinski definition) is 1. The predicted octanol–water partition coefficient (Wildman–Crippen LogP) is 2.26. The Morgan fingerprint density at radius 2 is 2.19 bits per heavy atom. The second-order valence-corrected chi connectivity index (χ2v) is 5.34. The molecule has 1 saturated heterocycles. The van der Waals surface area contributed by atoms with Crippen molar-refractivity contribution >= 4 is 0 Å². The zero-order chi connectivity index (χ0) is 14.8. The zero-order valence-corrected chi connectivity index (χ0v) is 11.4. The van der Waals surface area contributed by atoms with E-state index in [1.165, 1.54) is 29.2 Å². The van der Waals surface area contributed by atoms with Gasteiger partial charge in [-0.15, -0.1) is 0 Å². The van der Waals surface area contributed by atoms with Gasteiger partial charge >= 0.3 is 0 Å². The Morgan fingerprint density at radius 3 is 2.90 bits per heavy atom. The lowest BCUT2D eigenvalue weighted by molar-refractivity contribution is 0.160. The first-order chi connectivity index (χ1) is 10.1. The molecule has 1 aromatic carbocycles. The molecule has 3 rings (SSSR count). The molecular weight excluding hydrogens is 278 g/mol. The van der Waals surface area contributed by atoms with E-state index >= 15 is 0 Å². The molecule has 1 aliphatic heterocycles. The molecular formula is C15H16F2N2O2. The predicted molar refractivity (Wildman–Crippen MR) is 73.1 cm³/mol. The van der Waals surface area contributed by atoms with Gasteiger partial charge in [-0.1, -0.05) is 6.07 Å². The van der Waals surface area contributed by atoms with Gasteiger partial charge in [-0.05, 0) is 37.4 Å². The summed E-state index contributed by atoms with van der Waals surface area (Å²) < 4.78 is 33.2. The van der Waals surface area contributed by atoms with E-state index in [4.69, 9.17) is 4.52 Å². The Hall–Kier alpha value is -1.95. The maximum Gasteiger partial charge on any atom is 0.282 e. The Kier molecular flexibility index (Phi) is 3.88. The molecule has 0 amide bonds. The van der Waals surface area contributed by atoms with Crippen LogP contribution < -0.4 is 10.9 Å². The number of benzene rings is 1. The molecule has 0 unspecified atom stereocenters. The van der Waals surface area contributed by atoms with Crippen LogP contribution in [-0.2, 0) is 6.42 Å². The largest absolute Gasteiger partial charge is 0.384 e. The highest BCUT2D eigenvalue weighted by atomic mass is 19.1. The van der Waals surface area contributed by atoms with E-state index in [2.05, 4.69) is 5.32 Å². The minimum atomic E-state index is -0.576. The molecule has 0 saturated carbocycles. The molecule has 0 spiro atoms. The van der Waals surface area contributed by atoms with Crippen molar-refractivity contribution in [2.75, 3.05) is 6.54 Å². The Labute approximate surface area is 120 Å². The molecule has 1 aliphatic rings. The highest BCUT2D eigenvalue weighted by molar-refractivity contribution is 5.19. The number of nitrogens with zero attached hydrogens (tertiary/aromatic N) is 1. The van der Waals surface area contributed by atoms with Crippen molar-refractivity contribution in [3.8, 4) is 0 Å². The van der Waals surface area contributed by atoms with Crippen LogP contribution in [0.3, 0.4) is 0 Å². The maximum absolute atomic E-state index is 13.7. The lowest BCUT2D eigenvalue weighted by atomic mass is 9.94. The minimum absolute atomic E-state index is 0.0257. The van der Waals surface area contributed by atoms with E-state index in [0.717, 1.165) is 19.0 Å². The van der Waals surface area contributed by atoms with Gasteiger partial charge in [0.15, 0.2) is 0 Å². The first-order valence-corrected chi connectivity index (χ1v) is 6.97. The summed E-state index contributed by atoms with van der Waals surface area (Å²) in [7, 11) is 0. The number of piperidine rings is 1. The quantitative estimate of drug-likeness (QED) is 0.944. The van der Waals surface area contributed by atoms with Crippen molar-refractivity contribution in [3.05, 3.63) is 58.1 Å². The maximum atomic E-state index is 13.7. The third-order valence-corrected chi connectivity index (χ3v) is 3.88. The third kappa shape index (κ3) is 3.05. The summed E-state index contributed by atoms with van der Waals surface area (Å²) in [5, 5.41) is 3.30. The van der Waals surface area contributed by atoms with Gasteiger partial charge in [-0.25, -0.2) is 8.78 Å². The molecule has 6 heteroatoms. The molecule has 1 fully saturated rings. The van der Waals surface area contributed by atoms with Crippen LogP contribution in [0, 0.1) is 11.6 Å². The fourth-order valence-corrected chi connectivity index (χ4v) is 2.85. The molecule has 112 valence electrons. The van der Waals surface area contributed by atoms with Gasteiger partial charge in [0.05, 0.1) is 6.04 Å². The molecule has 1 N–H and O–H groups in total. The van der Waals surface area contributed by atoms with Crippen LogP contribution in [0.4, 0.5) is 8.78 Å². The van der Waals surface area contributed by atoms with Crippen molar-refractivity contribution in [1.82, 2.24) is 10.1 Å². The van der Waals surface area contributed by atoms with Crippen LogP contribution in [0.2, 0.25) is 0 Å². The minimum Gasteiger partial charge on any atom is -0.384 e. The molecule has 0 radical (unpaired) electrons. The molecule has 4 nitrogen and oxygen atoms in total. The highest BCUT2D eigenvalue weighted by Crippen LogP contribution is 2.23. The lowest BCUT2D eigenvalue weighted by Gasteiger charge is -2.30. The van der Waals surface area contributed by atoms with Gasteiger partial charge in [-0.2, -0.15) is 4.74 Å². The fraction of sp³-hybridized carbons (Fsp3) is 0.400. The van der Waals surface area contributed by atoms with Crippen LogP contribution in [0.1, 0.15) is 24.4 Å². The summed E-state index contributed by atoms with van der Waals surface area (Å²) in [6.07, 6.45) is 3.29. The van der Waals surface area contributed by atoms with Crippen LogP contribution in [0.5, 0.6) is 0 Å². The molecule has 0 bridgehead atoms. The van der Waals surface area contributed by atoms with Gasteiger partial charge in [0.25, 0.3) is 5.56 Å². The first kappa shape index (κ1) is 14.0. The Balaban J connectivity index is 1.72. The summed E-state index contributed by atoms with van der Waals surface area (Å²) in [6, 6.07) is 5.01. The number of halogens is 2. The van der Waals surface area contributed by atoms with E-state index in [0.29, 0.717) is 18.4 Å². The Bertz CT molecular complexity index is 680. The van der Waals surface area contributed by atoms with Crippen LogP contribution in [0.25, 0.3) is 0 Å². The van der Waals surface area contributed by atoms with Crippen LogP contribution in [0.15, 0.2) is 39.8 Å². The fourth-order valence-electron chi connectivity index (χ4n) is 2.85. The first-order valence-electron chi connectivity index (χ1n) is 6.97. The van der Waals surface area contributed by atoms with Gasteiger partial charge in [-0.3, -0.25) is 4.79 Å². The van der Waals surface area contributed by atoms with Gasteiger partial charge in [0.2, 0.25) is 0 Å². The Morgan fingerprint density at radius 1 is 1.33 bits per heavy atom. The zero-order valence-electron chi connectivity index (χ0n) is 11.4. The topological polar surface area (TPSA) is 47.2 Å². The number of hydrogen-bond acceptors (Lipinski definition) is 3. The number of rotatable bonds is 3. The normalized spacial score (nSPS) is 22.4. The lowest BCUT2D eigenvalue weighted by Crippen LogP contribution is -2.41. The summed E-state index contributed by atoms with van der Waals surface area (Å²) in [4.78, 5) is 11.6. The van der Waals surface area contributed by atoms with Crippen molar-refractivity contribution in [1.29, 1.82) is 0 Å². The van der Waals surface area contributed by atoms with E-state index in [9.17, 15) is 13.6 Å². The van der Waals surface area contributed by atoms with E-state index in [-0.39, 0.29) is 17.6 Å². The highest BCUT2D eigenvalue weighted by Gasteiger charge is 2.25. The van der Waals surface area contributed by atoms with E-state index in [1.54, 1.807) is 0 Å². The second-order valence-electron chi connectivity index (χ2n) is 5.34. The average Bonchev–Trinajstić information content (AvgIpc) is 2.89. The van der Waals surface area contributed by atoms with Crippen molar-refractivity contribution < 1.29 is 13.3 Å². The van der Waals surface area contributed by atoms with E-state index in [1.807, 2.05) is 0 Å².